The highest BCUT2D eigenvalue weighted by atomic mass is 19.1. The third kappa shape index (κ3) is 0.312. The third-order valence-corrected chi connectivity index (χ3v) is 2.02. The molecule has 1 atom stereocenters. The Kier molecular flexibility index (Phi) is 0.465. The van der Waals surface area contributed by atoms with Gasteiger partial charge in [-0.3, -0.25) is 0 Å². The molecule has 2 aliphatic rings. The highest BCUT2D eigenvalue weighted by molar-refractivity contribution is 5.15. The molecule has 0 radical (unpaired) electrons. The number of halogens is 1. The van der Waals surface area contributed by atoms with Gasteiger partial charge in [0.1, 0.15) is 6.17 Å². The lowest BCUT2D eigenvalue weighted by atomic mass is 10.0. The van der Waals surface area contributed by atoms with Gasteiger partial charge < -0.3 is 5.32 Å². The molecule has 0 aromatic rings. The molecular weight excluding hydrogens is 93.1 g/mol. The summed E-state index contributed by atoms with van der Waals surface area (Å²) < 4.78 is 12.3. The third-order valence-electron chi connectivity index (χ3n) is 2.02. The molecule has 0 aromatic carbocycles. The van der Waals surface area contributed by atoms with E-state index in [0.717, 1.165) is 12.8 Å². The second-order valence-electron chi connectivity index (χ2n) is 2.50. The standard InChI is InChI=1S/C5H8FN/c6-4-3-7-5(4)1-2-5/h4,7H,1-3H2. The van der Waals surface area contributed by atoms with Gasteiger partial charge in [-0.2, -0.15) is 0 Å². The molecular formula is C5H8FN. The molecule has 2 fully saturated rings. The van der Waals surface area contributed by atoms with Gasteiger partial charge in [0.15, 0.2) is 0 Å². The summed E-state index contributed by atoms with van der Waals surface area (Å²) in [5.74, 6) is 0. The van der Waals surface area contributed by atoms with Crippen molar-refractivity contribution in [2.75, 3.05) is 6.54 Å². The van der Waals surface area contributed by atoms with Crippen molar-refractivity contribution in [3.63, 3.8) is 0 Å². The molecule has 1 heterocycles. The van der Waals surface area contributed by atoms with Crippen molar-refractivity contribution in [2.45, 2.75) is 24.6 Å². The number of rotatable bonds is 0. The summed E-state index contributed by atoms with van der Waals surface area (Å²) in [4.78, 5) is 0. The lowest BCUT2D eigenvalue weighted by molar-refractivity contribution is 0.140. The van der Waals surface area contributed by atoms with E-state index in [4.69, 9.17) is 0 Å². The zero-order valence-electron chi connectivity index (χ0n) is 4.08. The lowest BCUT2D eigenvalue weighted by Crippen LogP contribution is -2.57. The molecule has 0 amide bonds. The monoisotopic (exact) mass is 101 g/mol. The van der Waals surface area contributed by atoms with Gasteiger partial charge in [0, 0.05) is 6.54 Å². The van der Waals surface area contributed by atoms with Gasteiger partial charge >= 0.3 is 0 Å². The van der Waals surface area contributed by atoms with Gasteiger partial charge in [-0.15, -0.1) is 0 Å². The number of nitrogens with one attached hydrogen (secondary N) is 1. The van der Waals surface area contributed by atoms with Crippen LogP contribution in [0.15, 0.2) is 0 Å². The average Bonchev–Trinajstić information content (AvgIpc) is 2.40. The first-order valence-electron chi connectivity index (χ1n) is 2.73. The van der Waals surface area contributed by atoms with Crippen molar-refractivity contribution in [2.24, 2.45) is 0 Å². The minimum absolute atomic E-state index is 0.0139. The Hall–Kier alpha value is -0.110. The normalized spacial score (nSPS) is 43.3. The van der Waals surface area contributed by atoms with Crippen LogP contribution in [0.3, 0.4) is 0 Å². The summed E-state index contributed by atoms with van der Waals surface area (Å²) in [6.07, 6.45) is 1.61. The quantitative estimate of drug-likeness (QED) is 0.467. The van der Waals surface area contributed by atoms with Gasteiger partial charge in [-0.1, -0.05) is 0 Å². The van der Waals surface area contributed by atoms with Crippen LogP contribution < -0.4 is 5.32 Å². The van der Waals surface area contributed by atoms with Crippen molar-refractivity contribution < 1.29 is 4.39 Å². The lowest BCUT2D eigenvalue weighted by Gasteiger charge is -2.32. The highest BCUT2D eigenvalue weighted by Crippen LogP contribution is 2.45. The van der Waals surface area contributed by atoms with Crippen LogP contribution in [0.1, 0.15) is 12.8 Å². The molecule has 40 valence electrons. The first-order chi connectivity index (χ1) is 3.33. The minimum Gasteiger partial charge on any atom is -0.306 e. The van der Waals surface area contributed by atoms with Gasteiger partial charge in [-0.25, -0.2) is 4.39 Å². The maximum Gasteiger partial charge on any atom is 0.131 e. The van der Waals surface area contributed by atoms with Crippen LogP contribution in [0.5, 0.6) is 0 Å². The van der Waals surface area contributed by atoms with Crippen molar-refractivity contribution in [3.8, 4) is 0 Å². The van der Waals surface area contributed by atoms with E-state index in [-0.39, 0.29) is 5.54 Å². The molecule has 1 saturated carbocycles. The van der Waals surface area contributed by atoms with E-state index < -0.39 is 6.17 Å². The Labute approximate surface area is 41.9 Å². The molecule has 0 bridgehead atoms. The minimum atomic E-state index is -0.521. The van der Waals surface area contributed by atoms with Crippen LogP contribution in [-0.2, 0) is 0 Å². The molecule has 1 unspecified atom stereocenters. The molecule has 0 aromatic heterocycles. The van der Waals surface area contributed by atoms with Crippen molar-refractivity contribution in [1.29, 1.82) is 0 Å². The Morgan fingerprint density at radius 2 is 2.29 bits per heavy atom. The van der Waals surface area contributed by atoms with Crippen molar-refractivity contribution in [3.05, 3.63) is 0 Å². The van der Waals surface area contributed by atoms with Crippen molar-refractivity contribution >= 4 is 0 Å². The van der Waals surface area contributed by atoms with E-state index in [1.54, 1.807) is 0 Å². The molecule has 1 aliphatic heterocycles. The van der Waals surface area contributed by atoms with Gasteiger partial charge in [0.25, 0.3) is 0 Å². The molecule has 1 spiro atoms. The van der Waals surface area contributed by atoms with Crippen LogP contribution in [-0.4, -0.2) is 18.3 Å². The van der Waals surface area contributed by atoms with Gasteiger partial charge in [0.05, 0.1) is 5.54 Å². The number of alkyl halides is 1. The molecule has 1 nitrogen and oxygen atoms in total. The predicted molar refractivity (Wildman–Crippen MR) is 24.9 cm³/mol. The fraction of sp³-hybridized carbons (Fsp3) is 1.00. The van der Waals surface area contributed by atoms with E-state index in [2.05, 4.69) is 5.32 Å². The second-order valence-corrected chi connectivity index (χ2v) is 2.50. The van der Waals surface area contributed by atoms with E-state index in [0.29, 0.717) is 6.54 Å². The van der Waals surface area contributed by atoms with E-state index in [9.17, 15) is 4.39 Å². The first kappa shape index (κ1) is 3.84. The van der Waals surface area contributed by atoms with Crippen LogP contribution >= 0.6 is 0 Å². The van der Waals surface area contributed by atoms with Crippen LogP contribution in [0.2, 0.25) is 0 Å². The Morgan fingerprint density at radius 3 is 2.29 bits per heavy atom. The maximum atomic E-state index is 12.3. The number of hydrogen-bond donors (Lipinski definition) is 1. The van der Waals surface area contributed by atoms with Crippen LogP contribution in [0.4, 0.5) is 4.39 Å². The average molecular weight is 101 g/mol. The molecule has 2 rings (SSSR count). The van der Waals surface area contributed by atoms with Crippen LogP contribution in [0, 0.1) is 0 Å². The van der Waals surface area contributed by atoms with Gasteiger partial charge in [0.2, 0.25) is 0 Å². The fourth-order valence-electron chi connectivity index (χ4n) is 1.09. The Bertz CT molecular complexity index is 98.3. The molecule has 1 aliphatic carbocycles. The zero-order chi connectivity index (χ0) is 4.91. The summed E-state index contributed by atoms with van der Waals surface area (Å²) in [7, 11) is 0. The summed E-state index contributed by atoms with van der Waals surface area (Å²) in [5.41, 5.74) is 0.0139. The summed E-state index contributed by atoms with van der Waals surface area (Å²) in [6.45, 7) is 0.597. The Balaban J connectivity index is 2.09. The molecule has 1 saturated heterocycles. The summed E-state index contributed by atoms with van der Waals surface area (Å²) >= 11 is 0. The maximum absolute atomic E-state index is 12.3. The summed E-state index contributed by atoms with van der Waals surface area (Å²) in [5, 5.41) is 3.07. The number of hydrogen-bond acceptors (Lipinski definition) is 1. The largest absolute Gasteiger partial charge is 0.306 e. The zero-order valence-corrected chi connectivity index (χ0v) is 4.08. The van der Waals surface area contributed by atoms with E-state index >= 15 is 0 Å². The predicted octanol–water partition coefficient (Wildman–Crippen LogP) is 0.460. The molecule has 2 heteroatoms. The Morgan fingerprint density at radius 1 is 1.57 bits per heavy atom. The van der Waals surface area contributed by atoms with Crippen molar-refractivity contribution in [1.82, 2.24) is 5.32 Å². The molecule has 7 heavy (non-hydrogen) atoms. The topological polar surface area (TPSA) is 12.0 Å². The smallest absolute Gasteiger partial charge is 0.131 e. The van der Waals surface area contributed by atoms with E-state index in [1.165, 1.54) is 0 Å². The second kappa shape index (κ2) is 0.848. The summed E-state index contributed by atoms with van der Waals surface area (Å²) in [6, 6.07) is 0. The molecule has 1 N–H and O–H groups in total. The van der Waals surface area contributed by atoms with E-state index in [1.807, 2.05) is 0 Å². The van der Waals surface area contributed by atoms with Crippen LogP contribution in [0.25, 0.3) is 0 Å². The van der Waals surface area contributed by atoms with Gasteiger partial charge in [-0.05, 0) is 12.8 Å². The SMILES string of the molecule is FC1CNC12CC2. The first-order valence-corrected chi connectivity index (χ1v) is 2.73. The highest BCUT2D eigenvalue weighted by Gasteiger charge is 2.56. The fourth-order valence-corrected chi connectivity index (χ4v) is 1.09.